The number of nitrogens with one attached hydrogen (secondary N) is 3. The zero-order valence-corrected chi connectivity index (χ0v) is 17.3. The van der Waals surface area contributed by atoms with Crippen molar-refractivity contribution in [3.05, 3.63) is 66.4 Å². The molecule has 4 nitrogen and oxygen atoms in total. The maximum Gasteiger partial charge on any atom is 0.191 e. The molecule has 1 heterocycles. The second kappa shape index (κ2) is 10.4. The summed E-state index contributed by atoms with van der Waals surface area (Å²) in [5.41, 5.74) is 2.31. The van der Waals surface area contributed by atoms with Crippen LogP contribution < -0.4 is 10.6 Å². The monoisotopic (exact) mass is 466 g/mol. The van der Waals surface area contributed by atoms with E-state index in [1.807, 2.05) is 23.9 Å². The van der Waals surface area contributed by atoms with E-state index in [0.29, 0.717) is 0 Å². The van der Waals surface area contributed by atoms with Crippen molar-refractivity contribution in [2.45, 2.75) is 11.4 Å². The first-order valence-electron chi connectivity index (χ1n) is 8.04. The molecule has 0 atom stereocenters. The number of aromatic amines is 1. The number of guanidine groups is 1. The van der Waals surface area contributed by atoms with Crippen molar-refractivity contribution in [2.75, 3.05) is 19.3 Å². The largest absolute Gasteiger partial charge is 0.357 e. The number of halogens is 1. The van der Waals surface area contributed by atoms with Gasteiger partial charge in [0.1, 0.15) is 0 Å². The number of benzene rings is 2. The number of para-hydroxylation sites is 1. The SMILES string of the molecule is CN=C(NCCSc1ccccc1)NCc1cc2ccccc2[nH]1.I. The predicted molar refractivity (Wildman–Crippen MR) is 119 cm³/mol. The first-order chi connectivity index (χ1) is 11.8. The lowest BCUT2D eigenvalue weighted by molar-refractivity contribution is 0.819. The van der Waals surface area contributed by atoms with Crippen LogP contribution in [0, 0.1) is 0 Å². The molecule has 0 spiro atoms. The zero-order chi connectivity index (χ0) is 16.6. The molecule has 0 aliphatic rings. The lowest BCUT2D eigenvalue weighted by atomic mass is 10.2. The van der Waals surface area contributed by atoms with Crippen LogP contribution in [-0.4, -0.2) is 30.3 Å². The maximum atomic E-state index is 4.27. The lowest BCUT2D eigenvalue weighted by Crippen LogP contribution is -2.38. The van der Waals surface area contributed by atoms with Gasteiger partial charge < -0.3 is 15.6 Å². The lowest BCUT2D eigenvalue weighted by Gasteiger charge is -2.11. The average molecular weight is 466 g/mol. The van der Waals surface area contributed by atoms with E-state index in [-0.39, 0.29) is 24.0 Å². The van der Waals surface area contributed by atoms with Crippen molar-refractivity contribution in [1.82, 2.24) is 15.6 Å². The van der Waals surface area contributed by atoms with E-state index in [1.54, 1.807) is 7.05 Å². The molecule has 0 unspecified atom stereocenters. The van der Waals surface area contributed by atoms with Gasteiger partial charge in [0.2, 0.25) is 0 Å². The highest BCUT2D eigenvalue weighted by Gasteiger charge is 2.02. The third-order valence-electron chi connectivity index (χ3n) is 3.66. The Kier molecular flexibility index (Phi) is 8.14. The summed E-state index contributed by atoms with van der Waals surface area (Å²) in [6.07, 6.45) is 0. The van der Waals surface area contributed by atoms with Gasteiger partial charge in [0.15, 0.2) is 5.96 Å². The van der Waals surface area contributed by atoms with Crippen molar-refractivity contribution >= 4 is 52.6 Å². The normalized spacial score (nSPS) is 11.2. The summed E-state index contributed by atoms with van der Waals surface area (Å²) in [5.74, 6) is 1.82. The van der Waals surface area contributed by atoms with Crippen molar-refractivity contribution < 1.29 is 0 Å². The first kappa shape index (κ1) is 19.7. The van der Waals surface area contributed by atoms with Gasteiger partial charge in [-0.1, -0.05) is 36.4 Å². The fraction of sp³-hybridized carbons (Fsp3) is 0.211. The smallest absolute Gasteiger partial charge is 0.191 e. The topological polar surface area (TPSA) is 52.2 Å². The minimum absolute atomic E-state index is 0. The molecule has 132 valence electrons. The molecular formula is C19H23IN4S. The third-order valence-corrected chi connectivity index (χ3v) is 4.68. The van der Waals surface area contributed by atoms with E-state index in [2.05, 4.69) is 69.1 Å². The van der Waals surface area contributed by atoms with E-state index >= 15 is 0 Å². The summed E-state index contributed by atoms with van der Waals surface area (Å²) >= 11 is 1.84. The number of aliphatic imine (C=N–C) groups is 1. The Bertz CT molecular complexity index is 768. The van der Waals surface area contributed by atoms with Crippen LogP contribution in [0.1, 0.15) is 5.69 Å². The van der Waals surface area contributed by atoms with Gasteiger partial charge in [-0.3, -0.25) is 4.99 Å². The fourth-order valence-corrected chi connectivity index (χ4v) is 3.27. The second-order valence-electron chi connectivity index (χ2n) is 5.40. The highest BCUT2D eigenvalue weighted by Crippen LogP contribution is 2.16. The van der Waals surface area contributed by atoms with Gasteiger partial charge in [0.25, 0.3) is 0 Å². The fourth-order valence-electron chi connectivity index (χ4n) is 2.48. The number of thioether (sulfide) groups is 1. The number of aromatic nitrogens is 1. The molecule has 0 radical (unpaired) electrons. The van der Waals surface area contributed by atoms with Gasteiger partial charge in [-0.15, -0.1) is 35.7 Å². The standard InChI is InChI=1S/C19H22N4S.HI/c1-20-19(21-11-12-24-17-8-3-2-4-9-17)22-14-16-13-15-7-5-6-10-18(15)23-16;/h2-10,13,23H,11-12,14H2,1H3,(H2,20,21,22);1H. The molecule has 2 aromatic carbocycles. The summed E-state index contributed by atoms with van der Waals surface area (Å²) < 4.78 is 0. The summed E-state index contributed by atoms with van der Waals surface area (Å²) in [7, 11) is 1.80. The van der Waals surface area contributed by atoms with Crippen LogP contribution in [0.15, 0.2) is 70.6 Å². The van der Waals surface area contributed by atoms with Gasteiger partial charge in [-0.2, -0.15) is 0 Å². The summed E-state index contributed by atoms with van der Waals surface area (Å²) in [4.78, 5) is 8.98. The molecule has 0 saturated carbocycles. The summed E-state index contributed by atoms with van der Waals surface area (Å²) in [6.45, 7) is 1.59. The Balaban J connectivity index is 0.00000225. The van der Waals surface area contributed by atoms with Crippen molar-refractivity contribution in [3.8, 4) is 0 Å². The molecule has 1 aromatic heterocycles. The minimum Gasteiger partial charge on any atom is -0.357 e. The van der Waals surface area contributed by atoms with E-state index < -0.39 is 0 Å². The molecule has 0 aliphatic carbocycles. The Morgan fingerprint density at radius 1 is 1.04 bits per heavy atom. The van der Waals surface area contributed by atoms with Gasteiger partial charge in [0, 0.05) is 35.5 Å². The van der Waals surface area contributed by atoms with E-state index in [0.717, 1.165) is 36.0 Å². The molecule has 6 heteroatoms. The molecule has 0 fully saturated rings. The molecule has 3 rings (SSSR count). The number of H-pyrrole nitrogens is 1. The molecule has 0 amide bonds. The molecule has 3 aromatic rings. The van der Waals surface area contributed by atoms with Crippen LogP contribution in [0.4, 0.5) is 0 Å². The van der Waals surface area contributed by atoms with Gasteiger partial charge in [-0.05, 0) is 29.7 Å². The number of fused-ring (bicyclic) bond motifs is 1. The molecular weight excluding hydrogens is 443 g/mol. The Hall–Kier alpha value is -1.67. The van der Waals surface area contributed by atoms with Crippen molar-refractivity contribution in [1.29, 1.82) is 0 Å². The van der Waals surface area contributed by atoms with E-state index in [4.69, 9.17) is 0 Å². The summed E-state index contributed by atoms with van der Waals surface area (Å²) in [6, 6.07) is 20.9. The average Bonchev–Trinajstić information content (AvgIpc) is 3.05. The van der Waals surface area contributed by atoms with Crippen molar-refractivity contribution in [3.63, 3.8) is 0 Å². The van der Waals surface area contributed by atoms with Crippen LogP contribution in [0.3, 0.4) is 0 Å². The van der Waals surface area contributed by atoms with Gasteiger partial charge in [-0.25, -0.2) is 0 Å². The highest BCUT2D eigenvalue weighted by atomic mass is 127. The molecule has 25 heavy (non-hydrogen) atoms. The first-order valence-corrected chi connectivity index (χ1v) is 9.03. The van der Waals surface area contributed by atoms with Gasteiger partial charge >= 0.3 is 0 Å². The van der Waals surface area contributed by atoms with Crippen LogP contribution in [0.5, 0.6) is 0 Å². The number of nitrogens with zero attached hydrogens (tertiary/aromatic N) is 1. The Morgan fingerprint density at radius 3 is 2.56 bits per heavy atom. The van der Waals surface area contributed by atoms with E-state index in [1.165, 1.54) is 10.3 Å². The second-order valence-corrected chi connectivity index (χ2v) is 6.56. The van der Waals surface area contributed by atoms with Crippen molar-refractivity contribution in [2.24, 2.45) is 4.99 Å². The molecule has 3 N–H and O–H groups in total. The quantitative estimate of drug-likeness (QED) is 0.168. The zero-order valence-electron chi connectivity index (χ0n) is 14.2. The molecule has 0 bridgehead atoms. The van der Waals surface area contributed by atoms with Crippen LogP contribution in [0.25, 0.3) is 10.9 Å². The van der Waals surface area contributed by atoms with Crippen LogP contribution in [-0.2, 0) is 6.54 Å². The maximum absolute atomic E-state index is 4.27. The number of hydrogen-bond donors (Lipinski definition) is 3. The number of hydrogen-bond acceptors (Lipinski definition) is 2. The van der Waals surface area contributed by atoms with Crippen LogP contribution >= 0.6 is 35.7 Å². The third kappa shape index (κ3) is 5.97. The molecule has 0 aliphatic heterocycles. The van der Waals surface area contributed by atoms with Crippen LogP contribution in [0.2, 0.25) is 0 Å². The van der Waals surface area contributed by atoms with Gasteiger partial charge in [0.05, 0.1) is 6.54 Å². The summed E-state index contributed by atoms with van der Waals surface area (Å²) in [5, 5.41) is 7.92. The van der Waals surface area contributed by atoms with E-state index in [9.17, 15) is 0 Å². The molecule has 0 saturated heterocycles. The predicted octanol–water partition coefficient (Wildman–Crippen LogP) is 4.24. The number of rotatable bonds is 6. The Morgan fingerprint density at radius 2 is 1.80 bits per heavy atom. The minimum atomic E-state index is 0. The highest BCUT2D eigenvalue weighted by molar-refractivity contribution is 14.0. The Labute approximate surface area is 169 Å².